The number of halogens is 1. The SMILES string of the molecule is [Cl][Ru]=[C]1C=C(c2ccccc2)C2C=CC=CC12. The second-order valence-corrected chi connectivity index (χ2v) is 6.35. The molecule has 3 rings (SSSR count). The number of hydrogen-bond donors (Lipinski definition) is 0. The zero-order chi connectivity index (χ0) is 11.7. The van der Waals surface area contributed by atoms with E-state index in [1.54, 1.807) is 0 Å². The van der Waals surface area contributed by atoms with Crippen LogP contribution in [0.2, 0.25) is 0 Å². The summed E-state index contributed by atoms with van der Waals surface area (Å²) in [5, 5.41) is 0. The van der Waals surface area contributed by atoms with Crippen molar-refractivity contribution in [1.29, 1.82) is 0 Å². The summed E-state index contributed by atoms with van der Waals surface area (Å²) in [6.45, 7) is 0. The van der Waals surface area contributed by atoms with E-state index in [0.29, 0.717) is 11.8 Å². The van der Waals surface area contributed by atoms with Crippen molar-refractivity contribution in [2.75, 3.05) is 0 Å². The van der Waals surface area contributed by atoms with Gasteiger partial charge in [0.05, 0.1) is 0 Å². The Kier molecular flexibility index (Phi) is 3.22. The number of allylic oxidation sites excluding steroid dienone is 6. The van der Waals surface area contributed by atoms with Gasteiger partial charge in [0, 0.05) is 0 Å². The van der Waals surface area contributed by atoms with Gasteiger partial charge in [-0.15, -0.1) is 0 Å². The molecule has 0 fully saturated rings. The Morgan fingerprint density at radius 1 is 0.941 bits per heavy atom. The minimum absolute atomic E-state index is 0.160. The molecule has 2 aliphatic carbocycles. The predicted octanol–water partition coefficient (Wildman–Crippen LogP) is 3.85. The fourth-order valence-electron chi connectivity index (χ4n) is 2.47. The van der Waals surface area contributed by atoms with Crippen LogP contribution >= 0.6 is 9.69 Å². The third-order valence-electron chi connectivity index (χ3n) is 3.28. The van der Waals surface area contributed by atoms with Gasteiger partial charge in [0.1, 0.15) is 0 Å². The fourth-order valence-corrected chi connectivity index (χ4v) is 4.29. The molecule has 1 aromatic carbocycles. The maximum absolute atomic E-state index is 6.13. The van der Waals surface area contributed by atoms with Crippen molar-refractivity contribution >= 4 is 19.4 Å². The molecule has 0 amide bonds. The molecule has 2 aliphatic rings. The average Bonchev–Trinajstić information content (AvgIpc) is 2.78. The summed E-state index contributed by atoms with van der Waals surface area (Å²) in [7, 11) is 6.13. The van der Waals surface area contributed by atoms with Gasteiger partial charge in [0.15, 0.2) is 0 Å². The first-order valence-corrected chi connectivity index (χ1v) is 8.73. The third kappa shape index (κ3) is 2.03. The van der Waals surface area contributed by atoms with Crippen molar-refractivity contribution < 1.29 is 15.7 Å². The van der Waals surface area contributed by atoms with Gasteiger partial charge in [0.2, 0.25) is 0 Å². The Labute approximate surface area is 113 Å². The molecule has 0 heterocycles. The van der Waals surface area contributed by atoms with Crippen molar-refractivity contribution in [1.82, 2.24) is 0 Å². The first kappa shape index (κ1) is 11.3. The van der Waals surface area contributed by atoms with Crippen LogP contribution in [0.5, 0.6) is 0 Å². The topological polar surface area (TPSA) is 0 Å². The third-order valence-corrected chi connectivity index (χ3v) is 5.40. The molecule has 87 valence electrons. The van der Waals surface area contributed by atoms with Gasteiger partial charge in [-0.25, -0.2) is 0 Å². The maximum atomic E-state index is 6.13. The Morgan fingerprint density at radius 2 is 1.65 bits per heavy atom. The molecule has 1 aromatic rings. The van der Waals surface area contributed by atoms with Crippen LogP contribution in [0, 0.1) is 11.8 Å². The van der Waals surface area contributed by atoms with Gasteiger partial charge in [-0.3, -0.25) is 0 Å². The van der Waals surface area contributed by atoms with E-state index in [-0.39, 0.29) is 15.7 Å². The molecule has 0 saturated heterocycles. The van der Waals surface area contributed by atoms with Crippen molar-refractivity contribution in [2.24, 2.45) is 11.8 Å². The van der Waals surface area contributed by atoms with Crippen molar-refractivity contribution in [3.05, 3.63) is 66.3 Å². The van der Waals surface area contributed by atoms with Crippen molar-refractivity contribution in [2.45, 2.75) is 0 Å². The molecule has 0 spiro atoms. The van der Waals surface area contributed by atoms with Crippen LogP contribution in [0.1, 0.15) is 5.56 Å². The summed E-state index contributed by atoms with van der Waals surface area (Å²) in [5.41, 5.74) is 2.74. The van der Waals surface area contributed by atoms with Crippen molar-refractivity contribution in [3.63, 3.8) is 0 Å². The van der Waals surface area contributed by atoms with E-state index < -0.39 is 0 Å². The fraction of sp³-hybridized carbons (Fsp3) is 0.133. The van der Waals surface area contributed by atoms with Gasteiger partial charge in [-0.1, -0.05) is 0 Å². The molecular weight excluding hydrogens is 317 g/mol. The molecule has 0 bridgehead atoms. The minimum atomic E-state index is -0.160. The molecule has 2 heteroatoms. The second kappa shape index (κ2) is 4.84. The van der Waals surface area contributed by atoms with Crippen LogP contribution in [0.3, 0.4) is 0 Å². The van der Waals surface area contributed by atoms with Gasteiger partial charge < -0.3 is 0 Å². The summed E-state index contributed by atoms with van der Waals surface area (Å²) >= 11 is -0.160. The second-order valence-electron chi connectivity index (χ2n) is 4.22. The molecular formula is C15H12ClRu. The Morgan fingerprint density at radius 3 is 2.35 bits per heavy atom. The van der Waals surface area contributed by atoms with Crippen molar-refractivity contribution in [3.8, 4) is 0 Å². The zero-order valence-corrected chi connectivity index (χ0v) is 11.7. The molecule has 2 atom stereocenters. The van der Waals surface area contributed by atoms with E-state index in [1.807, 2.05) is 0 Å². The monoisotopic (exact) mass is 329 g/mol. The number of rotatable bonds is 1. The van der Waals surface area contributed by atoms with Crippen LogP contribution < -0.4 is 0 Å². The molecule has 17 heavy (non-hydrogen) atoms. The summed E-state index contributed by atoms with van der Waals surface area (Å²) in [6, 6.07) is 10.6. The predicted molar refractivity (Wildman–Crippen MR) is 70.5 cm³/mol. The van der Waals surface area contributed by atoms with Crippen LogP contribution in [-0.2, 0) is 15.7 Å². The van der Waals surface area contributed by atoms with E-state index in [2.05, 4.69) is 60.7 Å². The van der Waals surface area contributed by atoms with E-state index >= 15 is 0 Å². The first-order chi connectivity index (χ1) is 8.40. The first-order valence-electron chi connectivity index (χ1n) is 5.63. The molecule has 0 N–H and O–H groups in total. The van der Waals surface area contributed by atoms with Crippen LogP contribution in [0.25, 0.3) is 5.57 Å². The van der Waals surface area contributed by atoms with Crippen LogP contribution in [0.15, 0.2) is 60.7 Å². The summed E-state index contributed by atoms with van der Waals surface area (Å²) in [4.78, 5) is 0. The van der Waals surface area contributed by atoms with E-state index in [1.165, 1.54) is 15.2 Å². The number of fused-ring (bicyclic) bond motifs is 1. The summed E-state index contributed by atoms with van der Waals surface area (Å²) in [5.74, 6) is 0.997. The molecule has 0 radical (unpaired) electrons. The van der Waals surface area contributed by atoms with E-state index in [0.717, 1.165) is 0 Å². The summed E-state index contributed by atoms with van der Waals surface area (Å²) < 4.78 is 1.42. The molecule has 0 aromatic heterocycles. The van der Waals surface area contributed by atoms with Crippen LogP contribution in [0.4, 0.5) is 0 Å². The van der Waals surface area contributed by atoms with E-state index in [4.69, 9.17) is 9.69 Å². The molecule has 0 saturated carbocycles. The van der Waals surface area contributed by atoms with Gasteiger partial charge in [-0.05, 0) is 0 Å². The normalized spacial score (nSPS) is 28.8. The quantitative estimate of drug-likeness (QED) is 0.687. The van der Waals surface area contributed by atoms with Gasteiger partial charge in [0.25, 0.3) is 0 Å². The Hall–Kier alpha value is -0.777. The molecule has 0 nitrogen and oxygen atoms in total. The standard InChI is InChI=1S/C15H12.ClH.Ru/c1-2-6-12(7-3-1)15-11-10-13-8-4-5-9-14(13)15;;/h1-9,11,13-14H;1H;/q;;+1/p-1. The Balaban J connectivity index is 2.06. The number of benzene rings is 1. The number of hydrogen-bond acceptors (Lipinski definition) is 0. The summed E-state index contributed by atoms with van der Waals surface area (Å²) in [6.07, 6.45) is 11.2. The van der Waals surface area contributed by atoms with Crippen LogP contribution in [-0.4, -0.2) is 4.11 Å². The zero-order valence-electron chi connectivity index (χ0n) is 9.16. The van der Waals surface area contributed by atoms with Gasteiger partial charge in [-0.2, -0.15) is 0 Å². The molecule has 0 aliphatic heterocycles. The molecule has 2 unspecified atom stereocenters. The Bertz CT molecular complexity index is 537. The average molecular weight is 329 g/mol. The van der Waals surface area contributed by atoms with E-state index in [9.17, 15) is 0 Å². The van der Waals surface area contributed by atoms with Gasteiger partial charge >= 0.3 is 113 Å².